The van der Waals surface area contributed by atoms with Gasteiger partial charge in [-0.05, 0) is 18.6 Å². The number of benzene rings is 1. The van der Waals surface area contributed by atoms with Crippen molar-refractivity contribution in [1.82, 2.24) is 14.2 Å². The van der Waals surface area contributed by atoms with E-state index in [-0.39, 0.29) is 5.75 Å². The van der Waals surface area contributed by atoms with Gasteiger partial charge in [-0.1, -0.05) is 31.9 Å². The maximum absolute atomic E-state index is 12.4. The molecule has 1 aromatic heterocycles. The zero-order chi connectivity index (χ0) is 20.9. The lowest BCUT2D eigenvalue weighted by atomic mass is 10.1. The van der Waals surface area contributed by atoms with E-state index in [4.69, 9.17) is 10.7 Å². The third kappa shape index (κ3) is 5.85. The summed E-state index contributed by atoms with van der Waals surface area (Å²) in [6, 6.07) is 7.12. The van der Waals surface area contributed by atoms with Crippen LogP contribution < -0.4 is 5.73 Å². The van der Waals surface area contributed by atoms with Crippen LogP contribution in [0.15, 0.2) is 29.6 Å². The summed E-state index contributed by atoms with van der Waals surface area (Å²) in [5.74, 6) is -0.187. The van der Waals surface area contributed by atoms with E-state index in [1.807, 2.05) is 17.5 Å². The van der Waals surface area contributed by atoms with Crippen LogP contribution in [-0.2, 0) is 16.6 Å². The Morgan fingerprint density at radius 2 is 1.83 bits per heavy atom. The number of nitrogens with two attached hydrogens (primary N) is 1. The fourth-order valence-corrected chi connectivity index (χ4v) is 5.71. The van der Waals surface area contributed by atoms with Crippen molar-refractivity contribution in [3.63, 3.8) is 0 Å². The zero-order valence-electron chi connectivity index (χ0n) is 16.7. The lowest BCUT2D eigenvalue weighted by molar-refractivity contribution is 0.100. The first kappa shape index (κ1) is 21.9. The molecule has 0 bridgehead atoms. The molecule has 0 atom stereocenters. The Kier molecular flexibility index (Phi) is 7.39. The van der Waals surface area contributed by atoms with Crippen molar-refractivity contribution >= 4 is 27.3 Å². The Labute approximate surface area is 176 Å². The highest BCUT2D eigenvalue weighted by molar-refractivity contribution is 7.89. The molecule has 1 amide bonds. The summed E-state index contributed by atoms with van der Waals surface area (Å²) < 4.78 is 26.5. The molecule has 2 heterocycles. The molecule has 0 aliphatic carbocycles. The number of unbranched alkanes of at least 4 members (excludes halogenated alkanes) is 2. The fourth-order valence-electron chi connectivity index (χ4n) is 3.35. The van der Waals surface area contributed by atoms with Crippen molar-refractivity contribution in [2.75, 3.05) is 31.9 Å². The van der Waals surface area contributed by atoms with Crippen LogP contribution in [0.2, 0.25) is 0 Å². The number of carbonyl (C=O) groups excluding carboxylic acids is 1. The number of hydrogen-bond donors (Lipinski definition) is 1. The highest BCUT2D eigenvalue weighted by atomic mass is 32.2. The topological polar surface area (TPSA) is 96.6 Å². The largest absolute Gasteiger partial charge is 0.366 e. The molecular weight excluding hydrogens is 408 g/mol. The number of amides is 1. The Bertz CT molecular complexity index is 917. The summed E-state index contributed by atoms with van der Waals surface area (Å²) in [6.07, 6.45) is 2.71. The first-order valence-corrected chi connectivity index (χ1v) is 12.4. The molecule has 0 spiro atoms. The molecule has 1 saturated heterocycles. The van der Waals surface area contributed by atoms with Crippen molar-refractivity contribution in [2.45, 2.75) is 32.7 Å². The Hall–Kier alpha value is -1.81. The molecule has 0 unspecified atom stereocenters. The third-order valence-corrected chi connectivity index (χ3v) is 7.98. The fraction of sp³-hybridized carbons (Fsp3) is 0.500. The van der Waals surface area contributed by atoms with Gasteiger partial charge in [0, 0.05) is 49.2 Å². The second-order valence-electron chi connectivity index (χ2n) is 7.28. The van der Waals surface area contributed by atoms with Gasteiger partial charge in [0.05, 0.1) is 11.4 Å². The average Bonchev–Trinajstić information content (AvgIpc) is 3.17. The van der Waals surface area contributed by atoms with Gasteiger partial charge >= 0.3 is 0 Å². The van der Waals surface area contributed by atoms with Gasteiger partial charge in [0.1, 0.15) is 5.01 Å². The highest BCUT2D eigenvalue weighted by Gasteiger charge is 2.26. The van der Waals surface area contributed by atoms with Crippen molar-refractivity contribution in [2.24, 2.45) is 5.73 Å². The molecule has 0 radical (unpaired) electrons. The number of aromatic nitrogens is 1. The van der Waals surface area contributed by atoms with Crippen molar-refractivity contribution < 1.29 is 13.2 Å². The number of rotatable bonds is 9. The number of carbonyl (C=O) groups is 1. The smallest absolute Gasteiger partial charge is 0.248 e. The number of sulfonamides is 1. The Morgan fingerprint density at radius 3 is 2.45 bits per heavy atom. The Balaban J connectivity index is 1.53. The maximum Gasteiger partial charge on any atom is 0.248 e. The van der Waals surface area contributed by atoms with E-state index in [0.717, 1.165) is 35.5 Å². The van der Waals surface area contributed by atoms with Crippen molar-refractivity contribution in [1.29, 1.82) is 0 Å². The normalized spacial score (nSPS) is 16.2. The minimum Gasteiger partial charge on any atom is -0.366 e. The van der Waals surface area contributed by atoms with E-state index in [1.165, 1.54) is 0 Å². The van der Waals surface area contributed by atoms with Crippen LogP contribution >= 0.6 is 11.3 Å². The SMILES string of the molecule is CCCCCS(=O)(=O)N1CCN(Cc2csc(-c3ccc(C(N)=O)cc3)n2)CC1. The van der Waals surface area contributed by atoms with Gasteiger partial charge < -0.3 is 5.73 Å². The molecule has 9 heteroatoms. The first-order chi connectivity index (χ1) is 13.9. The van der Waals surface area contributed by atoms with Gasteiger partial charge in [0.2, 0.25) is 15.9 Å². The number of piperazine rings is 1. The molecule has 2 N–H and O–H groups in total. The number of primary amides is 1. The van der Waals surface area contributed by atoms with E-state index in [1.54, 1.807) is 27.8 Å². The van der Waals surface area contributed by atoms with Crippen LogP contribution in [0.4, 0.5) is 0 Å². The summed E-state index contributed by atoms with van der Waals surface area (Å²) in [6.45, 7) is 5.30. The molecule has 0 saturated carbocycles. The van der Waals surface area contributed by atoms with Crippen LogP contribution in [0, 0.1) is 0 Å². The zero-order valence-corrected chi connectivity index (χ0v) is 18.3. The van der Waals surface area contributed by atoms with Gasteiger partial charge in [-0.2, -0.15) is 4.31 Å². The lowest BCUT2D eigenvalue weighted by Gasteiger charge is -2.33. The predicted molar refractivity (Wildman–Crippen MR) is 116 cm³/mol. The van der Waals surface area contributed by atoms with Crippen LogP contribution in [0.25, 0.3) is 10.6 Å². The summed E-state index contributed by atoms with van der Waals surface area (Å²) in [5, 5.41) is 2.93. The van der Waals surface area contributed by atoms with E-state index in [2.05, 4.69) is 11.8 Å². The van der Waals surface area contributed by atoms with E-state index >= 15 is 0 Å². The predicted octanol–water partition coefficient (Wildman–Crippen LogP) is 2.55. The second kappa shape index (κ2) is 9.80. The maximum atomic E-state index is 12.4. The van der Waals surface area contributed by atoms with Crippen LogP contribution in [0.1, 0.15) is 42.2 Å². The second-order valence-corrected chi connectivity index (χ2v) is 10.2. The van der Waals surface area contributed by atoms with Gasteiger partial charge in [-0.15, -0.1) is 11.3 Å². The molecule has 29 heavy (non-hydrogen) atoms. The number of nitrogens with zero attached hydrogens (tertiary/aromatic N) is 3. The third-order valence-electron chi connectivity index (χ3n) is 5.08. The van der Waals surface area contributed by atoms with Crippen molar-refractivity contribution in [3.05, 3.63) is 40.9 Å². The summed E-state index contributed by atoms with van der Waals surface area (Å²) in [5.41, 5.74) is 7.69. The highest BCUT2D eigenvalue weighted by Crippen LogP contribution is 2.25. The van der Waals surface area contributed by atoms with Gasteiger partial charge in [0.15, 0.2) is 0 Å². The van der Waals surface area contributed by atoms with Crippen LogP contribution in [0.5, 0.6) is 0 Å². The molecule has 7 nitrogen and oxygen atoms in total. The average molecular weight is 437 g/mol. The Morgan fingerprint density at radius 1 is 1.14 bits per heavy atom. The van der Waals surface area contributed by atoms with E-state index < -0.39 is 15.9 Å². The van der Waals surface area contributed by atoms with Crippen LogP contribution in [0.3, 0.4) is 0 Å². The molecule has 1 aromatic carbocycles. The van der Waals surface area contributed by atoms with Crippen LogP contribution in [-0.4, -0.2) is 60.4 Å². The van der Waals surface area contributed by atoms with E-state index in [9.17, 15) is 13.2 Å². The standard InChI is InChI=1S/C20H28N4O3S2/c1-2-3-4-13-29(26,27)24-11-9-23(10-12-24)14-18-15-28-20(22-18)17-7-5-16(6-8-17)19(21)25/h5-8,15H,2-4,9-14H2,1H3,(H2,21,25). The molecular formula is C20H28N4O3S2. The molecule has 1 aliphatic heterocycles. The molecule has 1 fully saturated rings. The summed E-state index contributed by atoms with van der Waals surface area (Å²) >= 11 is 1.56. The van der Waals surface area contributed by atoms with Gasteiger partial charge in [-0.3, -0.25) is 9.69 Å². The minimum atomic E-state index is -3.13. The molecule has 158 valence electrons. The molecule has 3 rings (SSSR count). The number of thiazole rings is 1. The van der Waals surface area contributed by atoms with E-state index in [0.29, 0.717) is 38.3 Å². The first-order valence-electron chi connectivity index (χ1n) is 9.94. The minimum absolute atomic E-state index is 0.255. The van der Waals surface area contributed by atoms with Gasteiger partial charge in [0.25, 0.3) is 0 Å². The number of hydrogen-bond acceptors (Lipinski definition) is 6. The lowest BCUT2D eigenvalue weighted by Crippen LogP contribution is -2.48. The molecule has 1 aliphatic rings. The quantitative estimate of drug-likeness (QED) is 0.610. The monoisotopic (exact) mass is 436 g/mol. The summed E-state index contributed by atoms with van der Waals surface area (Å²) in [4.78, 5) is 18.1. The summed E-state index contributed by atoms with van der Waals surface area (Å²) in [7, 11) is -3.13. The van der Waals surface area contributed by atoms with Gasteiger partial charge in [-0.25, -0.2) is 13.4 Å². The molecule has 2 aromatic rings. The van der Waals surface area contributed by atoms with Crippen molar-refractivity contribution in [3.8, 4) is 10.6 Å².